The minimum Gasteiger partial charge on any atom is -0.511 e. The number of phenolic OH excluding ortho intramolecular Hbond substituents is 1. The number of phenols is 1. The average Bonchev–Trinajstić information content (AvgIpc) is 2.94. The number of primary amides is 1. The number of amides is 1. The van der Waals surface area contributed by atoms with E-state index in [2.05, 4.69) is 29.2 Å². The highest BCUT2D eigenvalue weighted by atomic mass is 35.5. The second-order valence-electron chi connectivity index (χ2n) is 11.6. The summed E-state index contributed by atoms with van der Waals surface area (Å²) in [6.07, 6.45) is 1.97. The van der Waals surface area contributed by atoms with Crippen molar-refractivity contribution in [1.29, 1.82) is 0 Å². The standard InChI is InChI=1S/C31H31ClN2O7/c32-26-18(14-34-8-6-16(7-9-34)15-4-2-1-3-5-15)12-21(35)24-20(26)11-17-10-19-13-22(36)25(30(33)40)29(39)31(19,41)28(38)23(17)27(24)37/h1-5,12,16-17,19,35-36,38,41H,6-11,13-14H2,(H2,33,40)/t17-,19+,31+/m1/s1. The Kier molecular flexibility index (Phi) is 6.71. The first kappa shape index (κ1) is 27.5. The molecule has 0 bridgehead atoms. The highest BCUT2D eigenvalue weighted by Gasteiger charge is 2.59. The third kappa shape index (κ3) is 4.26. The maximum Gasteiger partial charge on any atom is 0.255 e. The highest BCUT2D eigenvalue weighted by Crippen LogP contribution is 2.52. The number of aliphatic hydroxyl groups is 3. The first-order valence-corrected chi connectivity index (χ1v) is 14.2. The van der Waals surface area contributed by atoms with Crippen LogP contribution in [-0.2, 0) is 22.6 Å². The molecule has 214 valence electrons. The van der Waals surface area contributed by atoms with Crippen LogP contribution in [0.3, 0.4) is 0 Å². The van der Waals surface area contributed by atoms with Crippen molar-refractivity contribution in [3.8, 4) is 5.75 Å². The zero-order valence-electron chi connectivity index (χ0n) is 22.3. The van der Waals surface area contributed by atoms with Crippen molar-refractivity contribution in [2.45, 2.75) is 50.2 Å². The lowest BCUT2D eigenvalue weighted by Crippen LogP contribution is -2.57. The lowest BCUT2D eigenvalue weighted by atomic mass is 9.60. The Labute approximate surface area is 241 Å². The SMILES string of the molecule is NC(=O)C1=C(O)C[C@@H]2C[C@@H]3Cc4c(Cl)c(CN5CCC(c6ccccc6)CC5)cc(O)c4C(=O)C3=C(O)[C@]2(O)C1=O. The monoisotopic (exact) mass is 578 g/mol. The molecule has 2 aromatic carbocycles. The maximum atomic E-state index is 13.7. The molecule has 0 spiro atoms. The minimum absolute atomic E-state index is 0.0667. The number of carbonyl (C=O) groups excluding carboxylic acids is 3. The van der Waals surface area contributed by atoms with Crippen LogP contribution in [0, 0.1) is 11.8 Å². The maximum absolute atomic E-state index is 13.7. The second kappa shape index (κ2) is 10.0. The number of carbonyl (C=O) groups is 3. The van der Waals surface area contributed by atoms with Crippen molar-refractivity contribution >= 4 is 29.1 Å². The van der Waals surface area contributed by atoms with Gasteiger partial charge in [0.15, 0.2) is 11.4 Å². The average molecular weight is 579 g/mol. The van der Waals surface area contributed by atoms with E-state index in [4.69, 9.17) is 17.3 Å². The molecule has 6 N–H and O–H groups in total. The number of aromatic hydroxyl groups is 1. The lowest BCUT2D eigenvalue weighted by Gasteiger charge is -2.45. The van der Waals surface area contributed by atoms with E-state index in [1.165, 1.54) is 11.6 Å². The molecule has 0 saturated carbocycles. The minimum atomic E-state index is -2.58. The van der Waals surface area contributed by atoms with Gasteiger partial charge in [-0.15, -0.1) is 0 Å². The molecule has 2 aromatic rings. The normalized spacial score (nSPS) is 27.0. The van der Waals surface area contributed by atoms with Gasteiger partial charge in [-0.25, -0.2) is 0 Å². The Morgan fingerprint density at radius 2 is 1.73 bits per heavy atom. The first-order valence-electron chi connectivity index (χ1n) is 13.8. The number of allylic oxidation sites excluding steroid dienone is 2. The smallest absolute Gasteiger partial charge is 0.255 e. The number of benzene rings is 2. The molecule has 6 rings (SSSR count). The van der Waals surface area contributed by atoms with E-state index in [9.17, 15) is 34.8 Å². The Bertz CT molecular complexity index is 1540. The van der Waals surface area contributed by atoms with E-state index in [1.807, 2.05) is 6.07 Å². The van der Waals surface area contributed by atoms with Crippen LogP contribution in [0.4, 0.5) is 0 Å². The summed E-state index contributed by atoms with van der Waals surface area (Å²) in [7, 11) is 0. The van der Waals surface area contributed by atoms with Crippen LogP contribution in [-0.4, -0.2) is 61.5 Å². The molecule has 1 heterocycles. The van der Waals surface area contributed by atoms with Gasteiger partial charge >= 0.3 is 0 Å². The Morgan fingerprint density at radius 3 is 2.39 bits per heavy atom. The molecular formula is C31H31ClN2O7. The Hall–Kier alpha value is -3.66. The number of nitrogens with two attached hydrogens (primary N) is 1. The Balaban J connectivity index is 1.29. The number of aliphatic hydroxyl groups excluding tert-OH is 2. The third-order valence-corrected chi connectivity index (χ3v) is 9.79. The topological polar surface area (TPSA) is 161 Å². The number of ketones is 2. The van der Waals surface area contributed by atoms with E-state index in [0.29, 0.717) is 28.6 Å². The largest absolute Gasteiger partial charge is 0.511 e. The molecule has 1 saturated heterocycles. The van der Waals surface area contributed by atoms with Gasteiger partial charge in [-0.3, -0.25) is 19.3 Å². The lowest BCUT2D eigenvalue weighted by molar-refractivity contribution is -0.144. The molecule has 0 unspecified atom stereocenters. The van der Waals surface area contributed by atoms with E-state index >= 15 is 0 Å². The van der Waals surface area contributed by atoms with Gasteiger partial charge in [0.2, 0.25) is 5.78 Å². The summed E-state index contributed by atoms with van der Waals surface area (Å²) < 4.78 is 0. The van der Waals surface area contributed by atoms with Crippen LogP contribution in [0.2, 0.25) is 5.02 Å². The molecule has 41 heavy (non-hydrogen) atoms. The third-order valence-electron chi connectivity index (χ3n) is 9.32. The fraction of sp³-hybridized carbons (Fsp3) is 0.387. The molecule has 0 aromatic heterocycles. The number of hydrogen-bond acceptors (Lipinski definition) is 8. The van der Waals surface area contributed by atoms with E-state index < -0.39 is 52.0 Å². The molecule has 10 heteroatoms. The molecule has 0 radical (unpaired) electrons. The van der Waals surface area contributed by atoms with Crippen molar-refractivity contribution < 1.29 is 34.8 Å². The number of piperidine rings is 1. The van der Waals surface area contributed by atoms with Gasteiger partial charge in [0.25, 0.3) is 5.91 Å². The van der Waals surface area contributed by atoms with Gasteiger partial charge in [0.05, 0.1) is 5.56 Å². The van der Waals surface area contributed by atoms with Crippen molar-refractivity contribution in [3.63, 3.8) is 0 Å². The van der Waals surface area contributed by atoms with Crippen LogP contribution < -0.4 is 5.73 Å². The van der Waals surface area contributed by atoms with E-state index in [-0.39, 0.29) is 36.1 Å². The number of likely N-dealkylation sites (tertiary alicyclic amines) is 1. The molecule has 4 aliphatic rings. The number of hydrogen-bond donors (Lipinski definition) is 5. The van der Waals surface area contributed by atoms with Crippen LogP contribution in [0.25, 0.3) is 0 Å². The van der Waals surface area contributed by atoms with Gasteiger partial charge in [0, 0.05) is 29.5 Å². The fourth-order valence-corrected chi connectivity index (χ4v) is 7.51. The van der Waals surface area contributed by atoms with Crippen molar-refractivity contribution in [1.82, 2.24) is 4.90 Å². The second-order valence-corrected chi connectivity index (χ2v) is 12.0. The number of nitrogens with zero attached hydrogens (tertiary/aromatic N) is 1. The number of rotatable bonds is 4. The van der Waals surface area contributed by atoms with Gasteiger partial charge in [-0.05, 0) is 73.4 Å². The van der Waals surface area contributed by atoms with Crippen LogP contribution in [0.5, 0.6) is 5.75 Å². The van der Waals surface area contributed by atoms with Crippen molar-refractivity contribution in [2.75, 3.05) is 13.1 Å². The summed E-state index contributed by atoms with van der Waals surface area (Å²) in [6.45, 7) is 2.21. The summed E-state index contributed by atoms with van der Waals surface area (Å²) in [6, 6.07) is 11.9. The van der Waals surface area contributed by atoms with Crippen molar-refractivity contribution in [3.05, 3.63) is 86.3 Å². The van der Waals surface area contributed by atoms with Crippen molar-refractivity contribution in [2.24, 2.45) is 17.6 Å². The number of fused-ring (bicyclic) bond motifs is 3. The predicted octanol–water partition coefficient (Wildman–Crippen LogP) is 3.61. The molecule has 1 fully saturated rings. The summed E-state index contributed by atoms with van der Waals surface area (Å²) in [5, 5.41) is 44.2. The molecule has 1 aliphatic heterocycles. The van der Waals surface area contributed by atoms with Crippen LogP contribution in [0.1, 0.15) is 58.6 Å². The van der Waals surface area contributed by atoms with Gasteiger partial charge in [-0.1, -0.05) is 41.9 Å². The zero-order chi connectivity index (χ0) is 29.2. The van der Waals surface area contributed by atoms with Gasteiger partial charge < -0.3 is 26.2 Å². The summed E-state index contributed by atoms with van der Waals surface area (Å²) >= 11 is 6.87. The van der Waals surface area contributed by atoms with Crippen LogP contribution in [0.15, 0.2) is 59.1 Å². The van der Waals surface area contributed by atoms with Crippen LogP contribution >= 0.6 is 11.6 Å². The van der Waals surface area contributed by atoms with E-state index in [0.717, 1.165) is 25.9 Å². The predicted molar refractivity (Wildman–Crippen MR) is 150 cm³/mol. The van der Waals surface area contributed by atoms with E-state index in [1.54, 1.807) is 0 Å². The summed E-state index contributed by atoms with van der Waals surface area (Å²) in [4.78, 5) is 40.8. The fourth-order valence-electron chi connectivity index (χ4n) is 7.23. The van der Waals surface area contributed by atoms with Gasteiger partial charge in [-0.2, -0.15) is 0 Å². The number of Topliss-reactive ketones (excluding diaryl/α,β-unsaturated/α-hetero) is 2. The van der Waals surface area contributed by atoms with Gasteiger partial charge in [0.1, 0.15) is 22.8 Å². The molecule has 3 atom stereocenters. The summed E-state index contributed by atoms with van der Waals surface area (Å²) in [5.41, 5.74) is 4.08. The first-order chi connectivity index (χ1) is 19.5. The summed E-state index contributed by atoms with van der Waals surface area (Å²) in [5.74, 6) is -6.04. The number of halogens is 1. The quantitative estimate of drug-likeness (QED) is 0.344. The molecular weight excluding hydrogens is 548 g/mol. The zero-order valence-corrected chi connectivity index (χ0v) is 23.0. The molecule has 1 amide bonds. The highest BCUT2D eigenvalue weighted by molar-refractivity contribution is 6.33. The molecule has 3 aliphatic carbocycles. The molecule has 9 nitrogen and oxygen atoms in total. The Morgan fingerprint density at radius 1 is 1.05 bits per heavy atom.